The van der Waals surface area contributed by atoms with Crippen molar-refractivity contribution in [3.8, 4) is 0 Å². The minimum atomic E-state index is -3.57. The summed E-state index contributed by atoms with van der Waals surface area (Å²) in [5.74, 6) is 0.0399. The smallest absolute Gasteiger partial charge is 0.249 e. The number of nitrogen functional groups attached to an aromatic ring is 1. The van der Waals surface area contributed by atoms with Gasteiger partial charge in [0.15, 0.2) is 10.7 Å². The molecule has 0 radical (unpaired) electrons. The molecule has 9 heteroatoms. The van der Waals surface area contributed by atoms with Gasteiger partial charge in [0, 0.05) is 34.4 Å². The molecule has 1 aromatic rings. The van der Waals surface area contributed by atoms with Gasteiger partial charge in [-0.25, -0.2) is 12.7 Å². The first-order chi connectivity index (χ1) is 8.91. The highest BCUT2D eigenvalue weighted by Gasteiger charge is 2.27. The Labute approximate surface area is 118 Å². The number of anilines is 2. The SMILES string of the molecule is COCCCCNc1snc(N)c1S(=O)(=O)N(C)C. The Balaban J connectivity index is 2.76. The van der Waals surface area contributed by atoms with Crippen molar-refractivity contribution < 1.29 is 13.2 Å². The van der Waals surface area contributed by atoms with Crippen molar-refractivity contribution in [3.05, 3.63) is 0 Å². The summed E-state index contributed by atoms with van der Waals surface area (Å²) in [4.78, 5) is 0.0641. The molecule has 1 aromatic heterocycles. The summed E-state index contributed by atoms with van der Waals surface area (Å²) in [6.45, 7) is 1.34. The summed E-state index contributed by atoms with van der Waals surface area (Å²) in [6, 6.07) is 0. The van der Waals surface area contributed by atoms with E-state index in [4.69, 9.17) is 10.5 Å². The maximum Gasteiger partial charge on any atom is 0.249 e. The average Bonchev–Trinajstić information content (AvgIpc) is 2.70. The van der Waals surface area contributed by atoms with E-state index in [1.807, 2.05) is 0 Å². The van der Waals surface area contributed by atoms with Gasteiger partial charge in [0.05, 0.1) is 0 Å². The maximum absolute atomic E-state index is 12.1. The van der Waals surface area contributed by atoms with E-state index in [0.29, 0.717) is 18.2 Å². The number of aromatic nitrogens is 1. The Morgan fingerprint density at radius 2 is 2.11 bits per heavy atom. The molecule has 0 atom stereocenters. The van der Waals surface area contributed by atoms with Crippen LogP contribution in [0.4, 0.5) is 10.8 Å². The van der Waals surface area contributed by atoms with Crippen molar-refractivity contribution in [1.82, 2.24) is 8.68 Å². The van der Waals surface area contributed by atoms with E-state index >= 15 is 0 Å². The zero-order chi connectivity index (χ0) is 14.5. The highest BCUT2D eigenvalue weighted by atomic mass is 32.2. The van der Waals surface area contributed by atoms with Crippen LogP contribution in [-0.2, 0) is 14.8 Å². The molecule has 3 N–H and O–H groups in total. The third-order valence-electron chi connectivity index (χ3n) is 2.47. The van der Waals surface area contributed by atoms with Crippen LogP contribution in [0, 0.1) is 0 Å². The quantitative estimate of drug-likeness (QED) is 0.690. The Morgan fingerprint density at radius 3 is 2.68 bits per heavy atom. The lowest BCUT2D eigenvalue weighted by Crippen LogP contribution is -2.23. The average molecular weight is 308 g/mol. The molecule has 0 bridgehead atoms. The second kappa shape index (κ2) is 7.04. The molecule has 0 spiro atoms. The molecular weight excluding hydrogens is 288 g/mol. The molecule has 0 saturated carbocycles. The zero-order valence-electron chi connectivity index (χ0n) is 11.3. The molecule has 0 aliphatic carbocycles. The topological polar surface area (TPSA) is 97.5 Å². The molecule has 0 amide bonds. The minimum absolute atomic E-state index is 0.0399. The van der Waals surface area contributed by atoms with E-state index in [1.165, 1.54) is 14.1 Å². The molecule has 19 heavy (non-hydrogen) atoms. The van der Waals surface area contributed by atoms with E-state index in [9.17, 15) is 8.42 Å². The second-order valence-corrected chi connectivity index (χ2v) is 7.00. The molecule has 110 valence electrons. The lowest BCUT2D eigenvalue weighted by atomic mass is 10.3. The zero-order valence-corrected chi connectivity index (χ0v) is 13.0. The van der Waals surface area contributed by atoms with E-state index in [2.05, 4.69) is 9.69 Å². The highest BCUT2D eigenvalue weighted by molar-refractivity contribution is 7.89. The lowest BCUT2D eigenvalue weighted by Gasteiger charge is -2.12. The fourth-order valence-electron chi connectivity index (χ4n) is 1.41. The summed E-state index contributed by atoms with van der Waals surface area (Å²) < 4.78 is 34.2. The number of methoxy groups -OCH3 is 1. The third-order valence-corrected chi connectivity index (χ3v) is 5.31. The first-order valence-electron chi connectivity index (χ1n) is 5.81. The highest BCUT2D eigenvalue weighted by Crippen LogP contribution is 2.32. The van der Waals surface area contributed by atoms with Crippen molar-refractivity contribution in [2.45, 2.75) is 17.7 Å². The Hall–Kier alpha value is -0.900. The number of unbranched alkanes of at least 4 members (excludes halogenated alkanes) is 1. The largest absolute Gasteiger partial charge is 0.385 e. The third kappa shape index (κ3) is 4.03. The number of hydrogen-bond acceptors (Lipinski definition) is 7. The van der Waals surface area contributed by atoms with Crippen LogP contribution in [0.25, 0.3) is 0 Å². The van der Waals surface area contributed by atoms with Gasteiger partial charge in [0.25, 0.3) is 0 Å². The van der Waals surface area contributed by atoms with Gasteiger partial charge in [-0.15, -0.1) is 0 Å². The summed E-state index contributed by atoms with van der Waals surface area (Å²) in [5, 5.41) is 3.56. The molecule has 0 saturated heterocycles. The summed E-state index contributed by atoms with van der Waals surface area (Å²) in [7, 11) is 1.01. The fraction of sp³-hybridized carbons (Fsp3) is 0.700. The van der Waals surface area contributed by atoms with Crippen LogP contribution in [0.2, 0.25) is 0 Å². The molecule has 0 fully saturated rings. The number of nitrogens with one attached hydrogen (secondary N) is 1. The molecule has 0 aliphatic heterocycles. The molecule has 1 heterocycles. The van der Waals surface area contributed by atoms with Gasteiger partial charge in [0.1, 0.15) is 5.00 Å². The van der Waals surface area contributed by atoms with Crippen LogP contribution in [0.15, 0.2) is 4.90 Å². The van der Waals surface area contributed by atoms with Gasteiger partial charge in [-0.3, -0.25) is 0 Å². The normalized spacial score (nSPS) is 12.0. The van der Waals surface area contributed by atoms with Gasteiger partial charge in [-0.05, 0) is 24.4 Å². The first-order valence-corrected chi connectivity index (χ1v) is 8.03. The Bertz CT molecular complexity index is 499. The van der Waals surface area contributed by atoms with Gasteiger partial charge in [-0.2, -0.15) is 4.37 Å². The van der Waals surface area contributed by atoms with Gasteiger partial charge in [0.2, 0.25) is 10.0 Å². The second-order valence-electron chi connectivity index (χ2n) is 4.14. The van der Waals surface area contributed by atoms with Gasteiger partial charge >= 0.3 is 0 Å². The molecule has 0 aromatic carbocycles. The van der Waals surface area contributed by atoms with Crippen molar-refractivity contribution >= 4 is 32.4 Å². The number of rotatable bonds is 8. The molecule has 7 nitrogen and oxygen atoms in total. The van der Waals surface area contributed by atoms with Crippen LogP contribution in [0.3, 0.4) is 0 Å². The van der Waals surface area contributed by atoms with Crippen LogP contribution in [0.1, 0.15) is 12.8 Å². The number of ether oxygens (including phenoxy) is 1. The van der Waals surface area contributed by atoms with Crippen molar-refractivity contribution in [2.75, 3.05) is 45.4 Å². The number of sulfonamides is 1. The summed E-state index contributed by atoms with van der Waals surface area (Å²) in [5.41, 5.74) is 5.65. The van der Waals surface area contributed by atoms with E-state index in [0.717, 1.165) is 28.7 Å². The molecular formula is C10H20N4O3S2. The summed E-state index contributed by atoms with van der Waals surface area (Å²) in [6.07, 6.45) is 1.79. The number of hydrogen-bond donors (Lipinski definition) is 2. The van der Waals surface area contributed by atoms with E-state index in [1.54, 1.807) is 7.11 Å². The lowest BCUT2D eigenvalue weighted by molar-refractivity contribution is 0.194. The van der Waals surface area contributed by atoms with E-state index in [-0.39, 0.29) is 10.7 Å². The number of nitrogens with zero attached hydrogens (tertiary/aromatic N) is 2. The summed E-state index contributed by atoms with van der Waals surface area (Å²) >= 11 is 1.06. The monoisotopic (exact) mass is 308 g/mol. The predicted molar refractivity (Wildman–Crippen MR) is 77.0 cm³/mol. The van der Waals surface area contributed by atoms with Crippen LogP contribution in [-0.4, -0.2) is 51.5 Å². The van der Waals surface area contributed by atoms with Crippen molar-refractivity contribution in [3.63, 3.8) is 0 Å². The molecule has 0 aliphatic rings. The Morgan fingerprint density at radius 1 is 1.42 bits per heavy atom. The Kier molecular flexibility index (Phi) is 5.98. The van der Waals surface area contributed by atoms with Gasteiger partial charge < -0.3 is 15.8 Å². The number of nitrogens with two attached hydrogens (primary N) is 1. The predicted octanol–water partition coefficient (Wildman–Crippen LogP) is 0.814. The van der Waals surface area contributed by atoms with E-state index < -0.39 is 10.0 Å². The van der Waals surface area contributed by atoms with Crippen LogP contribution >= 0.6 is 11.5 Å². The van der Waals surface area contributed by atoms with Crippen molar-refractivity contribution in [1.29, 1.82) is 0 Å². The minimum Gasteiger partial charge on any atom is -0.385 e. The van der Waals surface area contributed by atoms with Crippen molar-refractivity contribution in [2.24, 2.45) is 0 Å². The van der Waals surface area contributed by atoms with Gasteiger partial charge in [-0.1, -0.05) is 0 Å². The maximum atomic E-state index is 12.1. The molecule has 1 rings (SSSR count). The van der Waals surface area contributed by atoms with Crippen LogP contribution < -0.4 is 11.1 Å². The molecule has 0 unspecified atom stereocenters. The first kappa shape index (κ1) is 16.2. The standard InChI is InChI=1S/C10H20N4O3S2/c1-14(2)19(15,16)8-9(11)13-18-10(8)12-6-4-5-7-17-3/h12H,4-7H2,1-3H3,(H2,11,13). The fourth-order valence-corrected chi connectivity index (χ4v) is 3.51. The van der Waals surface area contributed by atoms with Crippen LogP contribution in [0.5, 0.6) is 0 Å².